The average Bonchev–Trinajstić information content (AvgIpc) is 2.99. The van der Waals surface area contributed by atoms with E-state index >= 15 is 0 Å². The van der Waals surface area contributed by atoms with Crippen LogP contribution >= 0.6 is 0 Å². The molecule has 1 aliphatic rings. The minimum atomic E-state index is -0.415. The molecule has 0 aliphatic heterocycles. The van der Waals surface area contributed by atoms with Crippen molar-refractivity contribution in [3.63, 3.8) is 0 Å². The first-order valence-corrected chi connectivity index (χ1v) is 7.85. The van der Waals surface area contributed by atoms with E-state index in [1.54, 1.807) is 0 Å². The second-order valence-electron chi connectivity index (χ2n) is 6.00. The van der Waals surface area contributed by atoms with Crippen molar-refractivity contribution in [2.45, 2.75) is 51.0 Å². The third-order valence-corrected chi connectivity index (χ3v) is 4.41. The molecule has 1 aromatic heterocycles. The Labute approximate surface area is 129 Å². The number of carbonyl (C=O) groups excluding carboxylic acids is 1. The van der Waals surface area contributed by atoms with Crippen LogP contribution in [-0.2, 0) is 18.4 Å². The first-order chi connectivity index (χ1) is 10.6. The topological polar surface area (TPSA) is 82.0 Å². The van der Waals surface area contributed by atoms with Crippen LogP contribution in [0, 0.1) is 0 Å². The average molecular weight is 299 g/mol. The van der Waals surface area contributed by atoms with Gasteiger partial charge in [-0.25, -0.2) is 0 Å². The molecule has 0 amide bonds. The van der Waals surface area contributed by atoms with Gasteiger partial charge in [0.05, 0.1) is 5.54 Å². The summed E-state index contributed by atoms with van der Waals surface area (Å²) in [4.78, 5) is 16.5. The Morgan fingerprint density at radius 1 is 1.32 bits per heavy atom. The van der Waals surface area contributed by atoms with Crippen LogP contribution in [0.15, 0.2) is 28.8 Å². The van der Waals surface area contributed by atoms with Crippen molar-refractivity contribution >= 4 is 5.78 Å². The van der Waals surface area contributed by atoms with Gasteiger partial charge in [-0.1, -0.05) is 36.3 Å². The summed E-state index contributed by atoms with van der Waals surface area (Å²) < 4.78 is 5.22. The van der Waals surface area contributed by atoms with Crippen molar-refractivity contribution in [3.05, 3.63) is 47.1 Å². The fourth-order valence-electron chi connectivity index (χ4n) is 2.63. The van der Waals surface area contributed by atoms with Gasteiger partial charge in [0.25, 0.3) is 0 Å². The van der Waals surface area contributed by atoms with E-state index in [0.717, 1.165) is 31.2 Å². The summed E-state index contributed by atoms with van der Waals surface area (Å²) in [5.74, 6) is 1.16. The van der Waals surface area contributed by atoms with Crippen LogP contribution in [0.4, 0.5) is 0 Å². The van der Waals surface area contributed by atoms with Gasteiger partial charge in [-0.05, 0) is 31.2 Å². The first kappa shape index (κ1) is 14.9. The lowest BCUT2D eigenvalue weighted by Crippen LogP contribution is -2.44. The van der Waals surface area contributed by atoms with E-state index in [1.165, 1.54) is 5.56 Å². The van der Waals surface area contributed by atoms with Crippen LogP contribution in [0.2, 0.25) is 0 Å². The number of benzene rings is 1. The lowest BCUT2D eigenvalue weighted by Gasteiger charge is -2.34. The monoisotopic (exact) mass is 299 g/mol. The molecule has 1 aliphatic carbocycles. The number of rotatable bonds is 6. The van der Waals surface area contributed by atoms with Gasteiger partial charge < -0.3 is 10.3 Å². The van der Waals surface area contributed by atoms with Gasteiger partial charge in [-0.15, -0.1) is 0 Å². The molecule has 1 aromatic carbocycles. The fourth-order valence-corrected chi connectivity index (χ4v) is 2.63. The van der Waals surface area contributed by atoms with Crippen LogP contribution in [0.5, 0.6) is 0 Å². The lowest BCUT2D eigenvalue weighted by molar-refractivity contribution is 0.0979. The van der Waals surface area contributed by atoms with Gasteiger partial charge in [0.1, 0.15) is 0 Å². The third-order valence-electron chi connectivity index (χ3n) is 4.41. The SMILES string of the molecule is CCc1ccc(C(=O)CCc2nc(C3(N)CCC3)no2)cc1. The van der Waals surface area contributed by atoms with E-state index < -0.39 is 5.54 Å². The van der Waals surface area contributed by atoms with E-state index in [-0.39, 0.29) is 5.78 Å². The molecule has 0 saturated heterocycles. The predicted octanol–water partition coefficient (Wildman–Crippen LogP) is 2.79. The lowest BCUT2D eigenvalue weighted by atomic mass is 9.77. The van der Waals surface area contributed by atoms with Crippen molar-refractivity contribution < 1.29 is 9.32 Å². The maximum absolute atomic E-state index is 12.2. The van der Waals surface area contributed by atoms with Crippen LogP contribution in [0.25, 0.3) is 0 Å². The highest BCUT2D eigenvalue weighted by Gasteiger charge is 2.38. The summed E-state index contributed by atoms with van der Waals surface area (Å²) in [6, 6.07) is 7.74. The molecular weight excluding hydrogens is 278 g/mol. The second-order valence-corrected chi connectivity index (χ2v) is 6.00. The zero-order chi connectivity index (χ0) is 15.6. The molecule has 2 N–H and O–H groups in total. The summed E-state index contributed by atoms with van der Waals surface area (Å²) in [6.45, 7) is 2.09. The van der Waals surface area contributed by atoms with Crippen LogP contribution in [0.1, 0.15) is 60.2 Å². The van der Waals surface area contributed by atoms with Crippen LogP contribution < -0.4 is 5.73 Å². The molecule has 1 heterocycles. The largest absolute Gasteiger partial charge is 0.339 e. The van der Waals surface area contributed by atoms with Crippen molar-refractivity contribution in [1.82, 2.24) is 10.1 Å². The summed E-state index contributed by atoms with van der Waals surface area (Å²) in [6.07, 6.45) is 4.69. The Kier molecular flexibility index (Phi) is 4.07. The summed E-state index contributed by atoms with van der Waals surface area (Å²) in [5.41, 5.74) is 7.70. The number of ketones is 1. The van der Waals surface area contributed by atoms with E-state index in [2.05, 4.69) is 17.1 Å². The molecule has 3 rings (SSSR count). The number of hydrogen-bond donors (Lipinski definition) is 1. The molecule has 5 heteroatoms. The van der Waals surface area contributed by atoms with Crippen molar-refractivity contribution in [2.24, 2.45) is 5.73 Å². The molecule has 116 valence electrons. The fraction of sp³-hybridized carbons (Fsp3) is 0.471. The standard InChI is InChI=1S/C17H21N3O2/c1-2-12-4-6-13(7-5-12)14(21)8-9-15-19-16(20-22-15)17(18)10-3-11-17/h4-7H,2-3,8-11,18H2,1H3. The van der Waals surface area contributed by atoms with E-state index in [9.17, 15) is 4.79 Å². The van der Waals surface area contributed by atoms with Gasteiger partial charge in [0.15, 0.2) is 11.6 Å². The predicted molar refractivity (Wildman–Crippen MR) is 82.5 cm³/mol. The van der Waals surface area contributed by atoms with Crippen molar-refractivity contribution in [1.29, 1.82) is 0 Å². The Balaban J connectivity index is 1.58. The minimum Gasteiger partial charge on any atom is -0.339 e. The third kappa shape index (κ3) is 2.95. The number of carbonyl (C=O) groups is 1. The van der Waals surface area contributed by atoms with Gasteiger partial charge in [-0.2, -0.15) is 4.98 Å². The zero-order valence-corrected chi connectivity index (χ0v) is 12.8. The Morgan fingerprint density at radius 3 is 2.64 bits per heavy atom. The van der Waals surface area contributed by atoms with Crippen molar-refractivity contribution in [2.75, 3.05) is 0 Å². The van der Waals surface area contributed by atoms with E-state index in [0.29, 0.717) is 24.6 Å². The number of nitrogens with zero attached hydrogens (tertiary/aromatic N) is 2. The molecular formula is C17H21N3O2. The number of aryl methyl sites for hydroxylation is 2. The number of hydrogen-bond acceptors (Lipinski definition) is 5. The number of nitrogens with two attached hydrogens (primary N) is 1. The summed E-state index contributed by atoms with van der Waals surface area (Å²) >= 11 is 0. The Bertz CT molecular complexity index is 657. The second kappa shape index (κ2) is 6.01. The molecule has 2 aromatic rings. The first-order valence-electron chi connectivity index (χ1n) is 7.85. The zero-order valence-electron chi connectivity index (χ0n) is 12.8. The van der Waals surface area contributed by atoms with Crippen LogP contribution in [0.3, 0.4) is 0 Å². The normalized spacial score (nSPS) is 16.3. The minimum absolute atomic E-state index is 0.0912. The highest BCUT2D eigenvalue weighted by molar-refractivity contribution is 5.96. The number of Topliss-reactive ketones (excluding diaryl/α,β-unsaturated/α-hetero) is 1. The highest BCUT2D eigenvalue weighted by Crippen LogP contribution is 2.36. The molecule has 0 bridgehead atoms. The van der Waals surface area contributed by atoms with Gasteiger partial charge in [-0.3, -0.25) is 4.79 Å². The van der Waals surface area contributed by atoms with Gasteiger partial charge >= 0.3 is 0 Å². The molecule has 0 spiro atoms. The maximum Gasteiger partial charge on any atom is 0.227 e. The molecule has 5 nitrogen and oxygen atoms in total. The van der Waals surface area contributed by atoms with E-state index in [1.807, 2.05) is 24.3 Å². The van der Waals surface area contributed by atoms with Crippen LogP contribution in [-0.4, -0.2) is 15.9 Å². The van der Waals surface area contributed by atoms with Gasteiger partial charge in [0.2, 0.25) is 5.89 Å². The van der Waals surface area contributed by atoms with E-state index in [4.69, 9.17) is 10.3 Å². The summed E-state index contributed by atoms with van der Waals surface area (Å²) in [5, 5.41) is 3.96. The molecule has 0 radical (unpaired) electrons. The number of aromatic nitrogens is 2. The Morgan fingerprint density at radius 2 is 2.05 bits per heavy atom. The maximum atomic E-state index is 12.2. The molecule has 0 atom stereocenters. The highest BCUT2D eigenvalue weighted by atomic mass is 16.5. The Hall–Kier alpha value is -2.01. The molecule has 1 saturated carbocycles. The quantitative estimate of drug-likeness (QED) is 0.829. The molecule has 1 fully saturated rings. The smallest absolute Gasteiger partial charge is 0.227 e. The molecule has 22 heavy (non-hydrogen) atoms. The van der Waals surface area contributed by atoms with Gasteiger partial charge in [0, 0.05) is 18.4 Å². The summed E-state index contributed by atoms with van der Waals surface area (Å²) in [7, 11) is 0. The molecule has 0 unspecified atom stereocenters. The van der Waals surface area contributed by atoms with Crippen molar-refractivity contribution in [3.8, 4) is 0 Å².